The first-order chi connectivity index (χ1) is 9.04. The summed E-state index contributed by atoms with van der Waals surface area (Å²) in [6, 6.07) is 7.67. The molecule has 0 heterocycles. The van der Waals surface area contributed by atoms with Gasteiger partial charge in [-0.3, -0.25) is 4.79 Å². The molecule has 104 valence electrons. The molecule has 0 spiro atoms. The molecule has 19 heavy (non-hydrogen) atoms. The molecule has 0 aromatic heterocycles. The maximum Gasteiger partial charge on any atom is 0.230 e. The van der Waals surface area contributed by atoms with Gasteiger partial charge in [-0.2, -0.15) is 0 Å². The predicted octanol–water partition coefficient (Wildman–Crippen LogP) is 2.44. The number of nitrogens with one attached hydrogen (secondary N) is 1. The van der Waals surface area contributed by atoms with E-state index >= 15 is 0 Å². The average Bonchev–Trinajstić information content (AvgIpc) is 3.15. The summed E-state index contributed by atoms with van der Waals surface area (Å²) in [5.41, 5.74) is 0.730. The highest BCUT2D eigenvalue weighted by Gasteiger charge is 2.51. The van der Waals surface area contributed by atoms with E-state index in [2.05, 4.69) is 10.2 Å². The SMILES string of the molecule is CN(C)CCCNC(=O)C1(c2cccc(Cl)c2)CC1. The molecule has 0 saturated heterocycles. The minimum atomic E-state index is -0.316. The summed E-state index contributed by atoms with van der Waals surface area (Å²) in [5, 5.41) is 3.75. The summed E-state index contributed by atoms with van der Waals surface area (Å²) < 4.78 is 0. The molecule has 1 N–H and O–H groups in total. The number of benzene rings is 1. The summed E-state index contributed by atoms with van der Waals surface area (Å²) in [4.78, 5) is 14.4. The fourth-order valence-corrected chi connectivity index (χ4v) is 2.51. The van der Waals surface area contributed by atoms with Crippen molar-refractivity contribution in [3.8, 4) is 0 Å². The Morgan fingerprint density at radius 3 is 2.74 bits per heavy atom. The third-order valence-corrected chi connectivity index (χ3v) is 3.86. The van der Waals surface area contributed by atoms with Gasteiger partial charge in [0.25, 0.3) is 0 Å². The van der Waals surface area contributed by atoms with E-state index in [1.807, 2.05) is 38.4 Å². The van der Waals surface area contributed by atoms with Gasteiger partial charge in [0.1, 0.15) is 0 Å². The van der Waals surface area contributed by atoms with Crippen LogP contribution in [0.1, 0.15) is 24.8 Å². The minimum absolute atomic E-state index is 0.147. The van der Waals surface area contributed by atoms with Crippen LogP contribution in [-0.4, -0.2) is 38.0 Å². The number of halogens is 1. The Labute approximate surface area is 119 Å². The van der Waals surface area contributed by atoms with Gasteiger partial charge >= 0.3 is 0 Å². The van der Waals surface area contributed by atoms with Crippen LogP contribution >= 0.6 is 11.6 Å². The number of carbonyl (C=O) groups excluding carboxylic acids is 1. The second-order valence-corrected chi connectivity index (χ2v) is 5.94. The molecule has 3 nitrogen and oxygen atoms in total. The zero-order valence-corrected chi connectivity index (χ0v) is 12.3. The van der Waals surface area contributed by atoms with Crippen LogP contribution < -0.4 is 5.32 Å². The second kappa shape index (κ2) is 5.93. The van der Waals surface area contributed by atoms with Crippen LogP contribution in [0.4, 0.5) is 0 Å². The molecular formula is C15H21ClN2O. The molecule has 0 aliphatic heterocycles. The van der Waals surface area contributed by atoms with Crippen LogP contribution in [0.5, 0.6) is 0 Å². The van der Waals surface area contributed by atoms with Gasteiger partial charge in [0.2, 0.25) is 5.91 Å². The average molecular weight is 281 g/mol. The van der Waals surface area contributed by atoms with E-state index in [-0.39, 0.29) is 11.3 Å². The highest BCUT2D eigenvalue weighted by Crippen LogP contribution is 2.48. The van der Waals surface area contributed by atoms with Crippen molar-refractivity contribution in [1.29, 1.82) is 0 Å². The molecule has 4 heteroatoms. The third-order valence-electron chi connectivity index (χ3n) is 3.63. The molecule has 1 aromatic carbocycles. The van der Waals surface area contributed by atoms with Crippen molar-refractivity contribution in [2.45, 2.75) is 24.7 Å². The van der Waals surface area contributed by atoms with Crippen molar-refractivity contribution in [3.05, 3.63) is 34.9 Å². The van der Waals surface area contributed by atoms with Gasteiger partial charge in [-0.1, -0.05) is 23.7 Å². The Hall–Kier alpha value is -1.06. The number of hydrogen-bond donors (Lipinski definition) is 1. The molecule has 0 radical (unpaired) electrons. The molecule has 1 aliphatic rings. The first kappa shape index (κ1) is 14.4. The molecule has 1 fully saturated rings. The largest absolute Gasteiger partial charge is 0.355 e. The van der Waals surface area contributed by atoms with Crippen molar-refractivity contribution in [3.63, 3.8) is 0 Å². The summed E-state index contributed by atoms with van der Waals surface area (Å²) in [6.07, 6.45) is 2.82. The van der Waals surface area contributed by atoms with Crippen molar-refractivity contribution < 1.29 is 4.79 Å². The molecule has 0 bridgehead atoms. The lowest BCUT2D eigenvalue weighted by Crippen LogP contribution is -2.36. The van der Waals surface area contributed by atoms with Crippen LogP contribution in [-0.2, 0) is 10.2 Å². The van der Waals surface area contributed by atoms with Crippen molar-refractivity contribution >= 4 is 17.5 Å². The monoisotopic (exact) mass is 280 g/mol. The summed E-state index contributed by atoms with van der Waals surface area (Å²) >= 11 is 6.01. The van der Waals surface area contributed by atoms with Crippen molar-refractivity contribution in [2.75, 3.05) is 27.2 Å². The summed E-state index contributed by atoms with van der Waals surface area (Å²) in [5.74, 6) is 0.147. The summed E-state index contributed by atoms with van der Waals surface area (Å²) in [6.45, 7) is 1.73. The number of carbonyl (C=O) groups is 1. The highest BCUT2D eigenvalue weighted by atomic mass is 35.5. The van der Waals surface area contributed by atoms with Crippen LogP contribution in [0, 0.1) is 0 Å². The summed E-state index contributed by atoms with van der Waals surface area (Å²) in [7, 11) is 4.08. The van der Waals surface area contributed by atoms with Crippen LogP contribution in [0.25, 0.3) is 0 Å². The van der Waals surface area contributed by atoms with Crippen LogP contribution in [0.3, 0.4) is 0 Å². The molecule has 1 aromatic rings. The standard InChI is InChI=1S/C15H21ClN2O/c1-18(2)10-4-9-17-14(19)15(7-8-15)12-5-3-6-13(16)11-12/h3,5-6,11H,4,7-10H2,1-2H3,(H,17,19). The van der Waals surface area contributed by atoms with Crippen LogP contribution in [0.2, 0.25) is 5.02 Å². The number of amides is 1. The minimum Gasteiger partial charge on any atom is -0.355 e. The fourth-order valence-electron chi connectivity index (χ4n) is 2.32. The van der Waals surface area contributed by atoms with Gasteiger partial charge in [-0.25, -0.2) is 0 Å². The molecule has 1 amide bonds. The van der Waals surface area contributed by atoms with Gasteiger partial charge in [0, 0.05) is 11.6 Å². The van der Waals surface area contributed by atoms with E-state index < -0.39 is 0 Å². The number of hydrogen-bond acceptors (Lipinski definition) is 2. The Bertz CT molecular complexity index is 455. The van der Waals surface area contributed by atoms with E-state index in [4.69, 9.17) is 11.6 Å². The second-order valence-electron chi connectivity index (χ2n) is 5.51. The number of nitrogens with zero attached hydrogens (tertiary/aromatic N) is 1. The van der Waals surface area contributed by atoms with E-state index in [9.17, 15) is 4.79 Å². The molecule has 0 atom stereocenters. The third kappa shape index (κ3) is 3.48. The van der Waals surface area contributed by atoms with Gasteiger partial charge in [0.05, 0.1) is 5.41 Å². The maximum atomic E-state index is 12.3. The lowest BCUT2D eigenvalue weighted by atomic mass is 9.95. The first-order valence-corrected chi connectivity index (χ1v) is 7.11. The predicted molar refractivity (Wildman–Crippen MR) is 78.5 cm³/mol. The smallest absolute Gasteiger partial charge is 0.230 e. The van der Waals surface area contributed by atoms with Crippen LogP contribution in [0.15, 0.2) is 24.3 Å². The normalized spacial score (nSPS) is 16.4. The molecule has 1 saturated carbocycles. The quantitative estimate of drug-likeness (QED) is 0.812. The maximum absolute atomic E-state index is 12.3. The molecule has 2 rings (SSSR count). The first-order valence-electron chi connectivity index (χ1n) is 6.74. The van der Waals surface area contributed by atoms with Gasteiger partial charge < -0.3 is 10.2 Å². The highest BCUT2D eigenvalue weighted by molar-refractivity contribution is 6.30. The van der Waals surface area contributed by atoms with Gasteiger partial charge in [-0.05, 0) is 57.6 Å². The van der Waals surface area contributed by atoms with Gasteiger partial charge in [-0.15, -0.1) is 0 Å². The van der Waals surface area contributed by atoms with E-state index in [0.29, 0.717) is 5.02 Å². The fraction of sp³-hybridized carbons (Fsp3) is 0.533. The lowest BCUT2D eigenvalue weighted by molar-refractivity contribution is -0.123. The van der Waals surface area contributed by atoms with Gasteiger partial charge in [0.15, 0.2) is 0 Å². The zero-order chi connectivity index (χ0) is 13.9. The molecular weight excluding hydrogens is 260 g/mol. The molecule has 1 aliphatic carbocycles. The topological polar surface area (TPSA) is 32.3 Å². The Kier molecular flexibility index (Phi) is 4.48. The Morgan fingerprint density at radius 2 is 2.16 bits per heavy atom. The van der Waals surface area contributed by atoms with Crippen molar-refractivity contribution in [2.24, 2.45) is 0 Å². The molecule has 0 unspecified atom stereocenters. The Morgan fingerprint density at radius 1 is 1.42 bits per heavy atom. The zero-order valence-electron chi connectivity index (χ0n) is 11.6. The lowest BCUT2D eigenvalue weighted by Gasteiger charge is -2.16. The number of rotatable bonds is 6. The Balaban J connectivity index is 1.91. The van der Waals surface area contributed by atoms with E-state index in [1.165, 1.54) is 0 Å². The van der Waals surface area contributed by atoms with E-state index in [1.54, 1.807) is 0 Å². The van der Waals surface area contributed by atoms with E-state index in [0.717, 1.165) is 37.9 Å². The van der Waals surface area contributed by atoms with Crippen molar-refractivity contribution in [1.82, 2.24) is 10.2 Å².